The van der Waals surface area contributed by atoms with E-state index in [1.54, 1.807) is 42.5 Å². The highest BCUT2D eigenvalue weighted by Gasteiger charge is 2.10. The zero-order chi connectivity index (χ0) is 15.2. The number of Topliss-reactive ketones (excluding diaryl/α,β-unsaturated/α-hetero) is 1. The van der Waals surface area contributed by atoms with Gasteiger partial charge in [0, 0.05) is 23.4 Å². The fourth-order valence-electron chi connectivity index (χ4n) is 2.00. The highest BCUT2D eigenvalue weighted by atomic mass is 19.3. The van der Waals surface area contributed by atoms with Gasteiger partial charge in [-0.3, -0.25) is 4.79 Å². The summed E-state index contributed by atoms with van der Waals surface area (Å²) in [6.07, 6.45) is 0. The zero-order valence-corrected chi connectivity index (χ0v) is 11.5. The summed E-state index contributed by atoms with van der Waals surface area (Å²) in [7, 11) is 0. The predicted octanol–water partition coefficient (Wildman–Crippen LogP) is 4.10. The van der Waals surface area contributed by atoms with Gasteiger partial charge in [-0.15, -0.1) is 0 Å². The fourth-order valence-corrected chi connectivity index (χ4v) is 2.00. The Morgan fingerprint density at radius 1 is 1.14 bits per heavy atom. The molecule has 0 spiro atoms. The van der Waals surface area contributed by atoms with Gasteiger partial charge in [0.15, 0.2) is 5.78 Å². The van der Waals surface area contributed by atoms with Crippen molar-refractivity contribution in [1.82, 2.24) is 0 Å². The molecular formula is C16H15F2NO2. The largest absolute Gasteiger partial charge is 0.434 e. The lowest BCUT2D eigenvalue weighted by Gasteiger charge is -2.13. The molecule has 0 saturated carbocycles. The van der Waals surface area contributed by atoms with Crippen LogP contribution < -0.4 is 10.1 Å². The van der Waals surface area contributed by atoms with Crippen molar-refractivity contribution in [3.05, 3.63) is 59.7 Å². The highest BCUT2D eigenvalue weighted by molar-refractivity contribution is 5.99. The van der Waals surface area contributed by atoms with Crippen LogP contribution in [-0.4, -0.2) is 12.4 Å². The number of nitrogens with one attached hydrogen (secondary N) is 1. The van der Waals surface area contributed by atoms with Crippen molar-refractivity contribution in [2.45, 2.75) is 20.1 Å². The third kappa shape index (κ3) is 4.02. The van der Waals surface area contributed by atoms with E-state index in [0.717, 1.165) is 0 Å². The van der Waals surface area contributed by atoms with Gasteiger partial charge in [-0.1, -0.05) is 30.3 Å². The number of hydrogen-bond acceptors (Lipinski definition) is 3. The summed E-state index contributed by atoms with van der Waals surface area (Å²) < 4.78 is 29.2. The molecule has 0 fully saturated rings. The maximum atomic E-state index is 12.3. The maximum Gasteiger partial charge on any atom is 0.387 e. The fraction of sp³-hybridized carbons (Fsp3) is 0.188. The molecule has 2 aromatic rings. The first-order chi connectivity index (χ1) is 10.1. The molecule has 5 heteroatoms. The van der Waals surface area contributed by atoms with Crippen molar-refractivity contribution in [2.75, 3.05) is 5.32 Å². The molecule has 0 aromatic heterocycles. The summed E-state index contributed by atoms with van der Waals surface area (Å²) in [5, 5.41) is 3.08. The van der Waals surface area contributed by atoms with E-state index < -0.39 is 6.61 Å². The quantitative estimate of drug-likeness (QED) is 0.814. The van der Waals surface area contributed by atoms with E-state index in [-0.39, 0.29) is 18.1 Å². The van der Waals surface area contributed by atoms with E-state index >= 15 is 0 Å². The molecule has 2 rings (SSSR count). The summed E-state index contributed by atoms with van der Waals surface area (Å²) in [4.78, 5) is 11.5. The molecule has 0 saturated heterocycles. The minimum Gasteiger partial charge on any atom is -0.434 e. The molecule has 0 radical (unpaired) electrons. The predicted molar refractivity (Wildman–Crippen MR) is 76.8 cm³/mol. The average molecular weight is 291 g/mol. The van der Waals surface area contributed by atoms with Crippen LogP contribution >= 0.6 is 0 Å². The molecular weight excluding hydrogens is 276 g/mol. The van der Waals surface area contributed by atoms with Gasteiger partial charge in [0.25, 0.3) is 0 Å². The lowest BCUT2D eigenvalue weighted by molar-refractivity contribution is -0.0504. The average Bonchev–Trinajstić information content (AvgIpc) is 2.46. The van der Waals surface area contributed by atoms with Crippen molar-refractivity contribution in [3.63, 3.8) is 0 Å². The number of ketones is 1. The van der Waals surface area contributed by atoms with Crippen LogP contribution in [0, 0.1) is 0 Å². The second kappa shape index (κ2) is 6.83. The first kappa shape index (κ1) is 15.0. The molecule has 0 aliphatic heterocycles. The van der Waals surface area contributed by atoms with Crippen LogP contribution in [0.15, 0.2) is 48.5 Å². The number of alkyl halides is 2. The number of carbonyl (C=O) groups excluding carboxylic acids is 1. The number of rotatable bonds is 6. The SMILES string of the molecule is CC(=O)c1ccccc1NCc1ccccc1OC(F)F. The van der Waals surface area contributed by atoms with Crippen molar-refractivity contribution in [3.8, 4) is 5.75 Å². The first-order valence-corrected chi connectivity index (χ1v) is 6.44. The summed E-state index contributed by atoms with van der Waals surface area (Å²) in [5.41, 5.74) is 1.82. The van der Waals surface area contributed by atoms with Crippen LogP contribution in [0.1, 0.15) is 22.8 Å². The van der Waals surface area contributed by atoms with Crippen LogP contribution in [-0.2, 0) is 6.54 Å². The van der Waals surface area contributed by atoms with E-state index in [2.05, 4.69) is 10.1 Å². The zero-order valence-electron chi connectivity index (χ0n) is 11.5. The molecule has 21 heavy (non-hydrogen) atoms. The van der Waals surface area contributed by atoms with Gasteiger partial charge in [0.2, 0.25) is 0 Å². The Balaban J connectivity index is 2.15. The van der Waals surface area contributed by atoms with Gasteiger partial charge in [0.05, 0.1) is 0 Å². The minimum absolute atomic E-state index is 0.0600. The summed E-state index contributed by atoms with van der Waals surface area (Å²) in [6.45, 7) is -1.10. The molecule has 0 heterocycles. The molecule has 0 amide bonds. The van der Waals surface area contributed by atoms with Crippen molar-refractivity contribution in [1.29, 1.82) is 0 Å². The van der Waals surface area contributed by atoms with E-state index in [0.29, 0.717) is 16.8 Å². The third-order valence-electron chi connectivity index (χ3n) is 2.96. The number of ether oxygens (including phenoxy) is 1. The van der Waals surface area contributed by atoms with Crippen LogP contribution in [0.25, 0.3) is 0 Å². The molecule has 0 aliphatic carbocycles. The molecule has 2 aromatic carbocycles. The number of carbonyl (C=O) groups is 1. The molecule has 0 unspecified atom stereocenters. The van der Waals surface area contributed by atoms with E-state index in [1.807, 2.05) is 0 Å². The number of hydrogen-bond donors (Lipinski definition) is 1. The Labute approximate surface area is 121 Å². The van der Waals surface area contributed by atoms with Gasteiger partial charge in [0.1, 0.15) is 5.75 Å². The third-order valence-corrected chi connectivity index (χ3v) is 2.96. The van der Waals surface area contributed by atoms with Crippen molar-refractivity contribution in [2.24, 2.45) is 0 Å². The Morgan fingerprint density at radius 2 is 1.81 bits per heavy atom. The van der Waals surface area contributed by atoms with Crippen LogP contribution in [0.4, 0.5) is 14.5 Å². The first-order valence-electron chi connectivity index (χ1n) is 6.44. The minimum atomic E-state index is -2.87. The number of halogens is 2. The summed E-state index contributed by atoms with van der Waals surface area (Å²) in [6, 6.07) is 13.6. The highest BCUT2D eigenvalue weighted by Crippen LogP contribution is 2.23. The van der Waals surface area contributed by atoms with E-state index in [4.69, 9.17) is 0 Å². The Morgan fingerprint density at radius 3 is 2.52 bits per heavy atom. The van der Waals surface area contributed by atoms with Gasteiger partial charge in [-0.2, -0.15) is 8.78 Å². The number of para-hydroxylation sites is 2. The van der Waals surface area contributed by atoms with Crippen LogP contribution in [0.5, 0.6) is 5.75 Å². The normalized spacial score (nSPS) is 10.5. The topological polar surface area (TPSA) is 38.3 Å². The monoisotopic (exact) mass is 291 g/mol. The second-order valence-corrected chi connectivity index (χ2v) is 4.44. The Kier molecular flexibility index (Phi) is 4.87. The molecule has 110 valence electrons. The van der Waals surface area contributed by atoms with Crippen LogP contribution in [0.3, 0.4) is 0 Å². The van der Waals surface area contributed by atoms with Gasteiger partial charge in [-0.25, -0.2) is 0 Å². The van der Waals surface area contributed by atoms with Gasteiger partial charge >= 0.3 is 6.61 Å². The Bertz CT molecular complexity index is 629. The standard InChI is InChI=1S/C16H15F2NO2/c1-11(20)13-7-3-4-8-14(13)19-10-12-6-2-5-9-15(12)21-16(17)18/h2-9,16,19H,10H2,1H3. The van der Waals surface area contributed by atoms with Gasteiger partial charge < -0.3 is 10.1 Å². The van der Waals surface area contributed by atoms with E-state index in [9.17, 15) is 13.6 Å². The molecule has 0 bridgehead atoms. The van der Waals surface area contributed by atoms with Crippen LogP contribution in [0.2, 0.25) is 0 Å². The van der Waals surface area contributed by atoms with E-state index in [1.165, 1.54) is 13.0 Å². The van der Waals surface area contributed by atoms with Crippen molar-refractivity contribution < 1.29 is 18.3 Å². The smallest absolute Gasteiger partial charge is 0.387 e. The summed E-state index contributed by atoms with van der Waals surface area (Å²) in [5.74, 6) is 0.0653. The summed E-state index contributed by atoms with van der Waals surface area (Å²) >= 11 is 0. The lowest BCUT2D eigenvalue weighted by Crippen LogP contribution is -2.08. The molecule has 0 aliphatic rings. The van der Waals surface area contributed by atoms with Crippen molar-refractivity contribution >= 4 is 11.5 Å². The molecule has 0 atom stereocenters. The molecule has 1 N–H and O–H groups in total. The lowest BCUT2D eigenvalue weighted by atomic mass is 10.1. The number of anilines is 1. The number of benzene rings is 2. The second-order valence-electron chi connectivity index (χ2n) is 4.44. The molecule has 3 nitrogen and oxygen atoms in total. The van der Waals surface area contributed by atoms with Gasteiger partial charge in [-0.05, 0) is 25.1 Å². The maximum absolute atomic E-state index is 12.3. The Hall–Kier alpha value is -2.43.